The van der Waals surface area contributed by atoms with Crippen molar-refractivity contribution < 1.29 is 9.84 Å². The van der Waals surface area contributed by atoms with Crippen LogP contribution in [0.4, 0.5) is 0 Å². The molecule has 2 heteroatoms. The number of ether oxygens (including phenoxy) is 1. The number of benzene rings is 3. The number of aliphatic hydroxyl groups is 1. The molecule has 0 saturated carbocycles. The zero-order chi connectivity index (χ0) is 18.6. The van der Waals surface area contributed by atoms with Gasteiger partial charge in [-0.1, -0.05) is 84.8 Å². The van der Waals surface area contributed by atoms with Crippen LogP contribution >= 0.6 is 0 Å². The van der Waals surface area contributed by atoms with Gasteiger partial charge in [0, 0.05) is 5.56 Å². The summed E-state index contributed by atoms with van der Waals surface area (Å²) in [5.74, 6) is 0.722. The number of hydrogen-bond donors (Lipinski definition) is 1. The maximum Gasteiger partial charge on any atom is 0.126 e. The Morgan fingerprint density at radius 2 is 1.46 bits per heavy atom. The first-order valence-corrected chi connectivity index (χ1v) is 9.10. The maximum atomic E-state index is 11.6. The first kappa shape index (κ1) is 18.2. The van der Waals surface area contributed by atoms with Crippen molar-refractivity contribution in [1.29, 1.82) is 0 Å². The molecule has 3 aromatic carbocycles. The van der Waals surface area contributed by atoms with Gasteiger partial charge in [-0.05, 0) is 37.5 Å². The standard InChI is InChI=1S/C24H26O2/c1-4-24(25,21-15-18(2)14-19(3)16-21)22-12-8-9-13-23(22)26-17-20-10-6-5-7-11-20/h5-16,25H,4,17H2,1-3H3. The summed E-state index contributed by atoms with van der Waals surface area (Å²) in [5, 5.41) is 11.6. The smallest absolute Gasteiger partial charge is 0.126 e. The predicted octanol–water partition coefficient (Wildman–Crippen LogP) is 5.53. The number of aryl methyl sites for hydroxylation is 2. The van der Waals surface area contributed by atoms with Crippen molar-refractivity contribution >= 4 is 0 Å². The van der Waals surface area contributed by atoms with Crippen LogP contribution in [0, 0.1) is 13.8 Å². The van der Waals surface area contributed by atoms with E-state index in [0.717, 1.165) is 33.6 Å². The second kappa shape index (κ2) is 7.76. The molecule has 1 unspecified atom stereocenters. The van der Waals surface area contributed by atoms with Crippen molar-refractivity contribution in [3.05, 3.63) is 101 Å². The topological polar surface area (TPSA) is 29.5 Å². The van der Waals surface area contributed by atoms with E-state index in [9.17, 15) is 5.11 Å². The molecule has 0 amide bonds. The van der Waals surface area contributed by atoms with Crippen LogP contribution in [-0.2, 0) is 12.2 Å². The lowest BCUT2D eigenvalue weighted by Crippen LogP contribution is -2.27. The largest absolute Gasteiger partial charge is 0.488 e. The molecule has 0 fully saturated rings. The van der Waals surface area contributed by atoms with Crippen LogP contribution in [0.5, 0.6) is 5.75 Å². The maximum absolute atomic E-state index is 11.6. The molecule has 0 aliphatic carbocycles. The third-order valence-electron chi connectivity index (χ3n) is 4.78. The normalized spacial score (nSPS) is 13.2. The van der Waals surface area contributed by atoms with E-state index in [1.807, 2.05) is 61.5 Å². The molecule has 3 rings (SSSR count). The van der Waals surface area contributed by atoms with E-state index < -0.39 is 5.60 Å². The molecule has 0 aliphatic heterocycles. The fourth-order valence-electron chi connectivity index (χ4n) is 3.43. The van der Waals surface area contributed by atoms with Gasteiger partial charge in [-0.2, -0.15) is 0 Å². The molecular weight excluding hydrogens is 320 g/mol. The Morgan fingerprint density at radius 1 is 0.846 bits per heavy atom. The molecule has 26 heavy (non-hydrogen) atoms. The van der Waals surface area contributed by atoms with Gasteiger partial charge in [0.2, 0.25) is 0 Å². The molecule has 0 aliphatic rings. The van der Waals surface area contributed by atoms with Gasteiger partial charge < -0.3 is 9.84 Å². The Balaban J connectivity index is 1.98. The van der Waals surface area contributed by atoms with Gasteiger partial charge in [-0.3, -0.25) is 0 Å². The van der Waals surface area contributed by atoms with E-state index in [0.29, 0.717) is 13.0 Å². The first-order chi connectivity index (χ1) is 12.5. The van der Waals surface area contributed by atoms with Crippen molar-refractivity contribution in [3.63, 3.8) is 0 Å². The van der Waals surface area contributed by atoms with Crippen LogP contribution < -0.4 is 4.74 Å². The quantitative estimate of drug-likeness (QED) is 0.636. The number of para-hydroxylation sites is 1. The molecule has 0 spiro atoms. The molecule has 2 nitrogen and oxygen atoms in total. The highest BCUT2D eigenvalue weighted by Crippen LogP contribution is 2.39. The van der Waals surface area contributed by atoms with E-state index in [2.05, 4.69) is 32.0 Å². The highest BCUT2D eigenvalue weighted by molar-refractivity contribution is 5.46. The molecule has 0 radical (unpaired) electrons. The monoisotopic (exact) mass is 346 g/mol. The average Bonchev–Trinajstić information content (AvgIpc) is 2.66. The van der Waals surface area contributed by atoms with Gasteiger partial charge in [-0.25, -0.2) is 0 Å². The van der Waals surface area contributed by atoms with Gasteiger partial charge in [0.05, 0.1) is 0 Å². The highest BCUT2D eigenvalue weighted by atomic mass is 16.5. The van der Waals surface area contributed by atoms with E-state index in [4.69, 9.17) is 4.74 Å². The van der Waals surface area contributed by atoms with Crippen LogP contribution in [0.15, 0.2) is 72.8 Å². The lowest BCUT2D eigenvalue weighted by atomic mass is 9.82. The third-order valence-corrected chi connectivity index (χ3v) is 4.78. The van der Waals surface area contributed by atoms with Crippen LogP contribution in [0.25, 0.3) is 0 Å². The Labute approximate surface area is 156 Å². The van der Waals surface area contributed by atoms with Gasteiger partial charge in [0.15, 0.2) is 0 Å². The Morgan fingerprint density at radius 3 is 2.12 bits per heavy atom. The van der Waals surface area contributed by atoms with Gasteiger partial charge in [-0.15, -0.1) is 0 Å². The van der Waals surface area contributed by atoms with Gasteiger partial charge in [0.25, 0.3) is 0 Å². The zero-order valence-electron chi connectivity index (χ0n) is 15.7. The van der Waals surface area contributed by atoms with E-state index in [-0.39, 0.29) is 0 Å². The van der Waals surface area contributed by atoms with Gasteiger partial charge >= 0.3 is 0 Å². The minimum atomic E-state index is -1.08. The third kappa shape index (κ3) is 3.81. The summed E-state index contributed by atoms with van der Waals surface area (Å²) in [6.07, 6.45) is 0.571. The molecule has 3 aromatic rings. The van der Waals surface area contributed by atoms with E-state index >= 15 is 0 Å². The summed E-state index contributed by atoms with van der Waals surface area (Å²) in [4.78, 5) is 0. The molecular formula is C24H26O2. The highest BCUT2D eigenvalue weighted by Gasteiger charge is 2.32. The number of hydrogen-bond acceptors (Lipinski definition) is 2. The summed E-state index contributed by atoms with van der Waals surface area (Å²) >= 11 is 0. The fourth-order valence-corrected chi connectivity index (χ4v) is 3.43. The Bertz CT molecular complexity index is 850. The molecule has 0 saturated heterocycles. The Hall–Kier alpha value is -2.58. The lowest BCUT2D eigenvalue weighted by molar-refractivity contribution is 0.0723. The van der Waals surface area contributed by atoms with Crippen LogP contribution in [-0.4, -0.2) is 5.11 Å². The second-order valence-corrected chi connectivity index (χ2v) is 6.86. The summed E-state index contributed by atoms with van der Waals surface area (Å²) in [5.41, 5.74) is 4.04. The van der Waals surface area contributed by atoms with E-state index in [1.165, 1.54) is 0 Å². The van der Waals surface area contributed by atoms with E-state index in [1.54, 1.807) is 0 Å². The molecule has 0 bridgehead atoms. The van der Waals surface area contributed by atoms with Crippen LogP contribution in [0.1, 0.15) is 41.2 Å². The molecule has 0 aromatic heterocycles. The lowest BCUT2D eigenvalue weighted by Gasteiger charge is -2.30. The molecule has 1 N–H and O–H groups in total. The van der Waals surface area contributed by atoms with Crippen molar-refractivity contribution in [2.45, 2.75) is 39.4 Å². The minimum absolute atomic E-state index is 0.477. The fraction of sp³-hybridized carbons (Fsp3) is 0.250. The minimum Gasteiger partial charge on any atom is -0.488 e. The predicted molar refractivity (Wildman–Crippen MR) is 106 cm³/mol. The van der Waals surface area contributed by atoms with Crippen molar-refractivity contribution in [3.8, 4) is 5.75 Å². The molecule has 0 heterocycles. The van der Waals surface area contributed by atoms with Crippen molar-refractivity contribution in [2.24, 2.45) is 0 Å². The van der Waals surface area contributed by atoms with Crippen LogP contribution in [0.2, 0.25) is 0 Å². The summed E-state index contributed by atoms with van der Waals surface area (Å²) in [7, 11) is 0. The van der Waals surface area contributed by atoms with Gasteiger partial charge in [0.1, 0.15) is 18.0 Å². The molecule has 134 valence electrons. The number of rotatable bonds is 6. The summed E-state index contributed by atoms with van der Waals surface area (Å²) in [6, 6.07) is 24.1. The average molecular weight is 346 g/mol. The SMILES string of the molecule is CCC(O)(c1cc(C)cc(C)c1)c1ccccc1OCc1ccccc1. The van der Waals surface area contributed by atoms with Crippen molar-refractivity contribution in [2.75, 3.05) is 0 Å². The second-order valence-electron chi connectivity index (χ2n) is 6.86. The first-order valence-electron chi connectivity index (χ1n) is 9.10. The zero-order valence-corrected chi connectivity index (χ0v) is 15.7. The summed E-state index contributed by atoms with van der Waals surface area (Å²) < 4.78 is 6.09. The van der Waals surface area contributed by atoms with Crippen molar-refractivity contribution in [1.82, 2.24) is 0 Å². The Kier molecular flexibility index (Phi) is 5.43. The summed E-state index contributed by atoms with van der Waals surface area (Å²) in [6.45, 7) is 6.60. The van der Waals surface area contributed by atoms with Crippen LogP contribution in [0.3, 0.4) is 0 Å². The molecule has 1 atom stereocenters.